The number of sulfone groups is 1. The number of carboxylic acid groups (broad SMARTS) is 1. The van der Waals surface area contributed by atoms with Crippen LogP contribution in [0.3, 0.4) is 0 Å². The average Bonchev–Trinajstić information content (AvgIpc) is 2.18. The Hall–Kier alpha value is -1.50. The van der Waals surface area contributed by atoms with E-state index in [0.29, 0.717) is 0 Å². The lowest BCUT2D eigenvalue weighted by Crippen LogP contribution is -2.47. The molecule has 0 spiro atoms. The summed E-state index contributed by atoms with van der Waals surface area (Å²) in [5.41, 5.74) is 0. The summed E-state index contributed by atoms with van der Waals surface area (Å²) in [5.74, 6) is -2.94. The summed E-state index contributed by atoms with van der Waals surface area (Å²) in [7, 11) is -5.23. The quantitative estimate of drug-likeness (QED) is 0.727. The molecule has 0 saturated carbocycles. The minimum atomic E-state index is -5.23. The van der Waals surface area contributed by atoms with E-state index >= 15 is 0 Å². The first-order chi connectivity index (χ1) is 6.80. The Labute approximate surface area is 84.1 Å². The maximum atomic E-state index is 12.8. The lowest BCUT2D eigenvalue weighted by atomic mass is 10.4. The van der Waals surface area contributed by atoms with E-state index in [1.807, 2.05) is 0 Å². The van der Waals surface area contributed by atoms with Crippen LogP contribution in [0.15, 0.2) is 35.2 Å². The number of aliphatic carboxylic acids is 1. The molecule has 1 aromatic carbocycles. The van der Waals surface area contributed by atoms with E-state index in [2.05, 4.69) is 0 Å². The first-order valence-corrected chi connectivity index (χ1v) is 5.17. The van der Waals surface area contributed by atoms with Crippen LogP contribution in [-0.4, -0.2) is 19.6 Å². The highest BCUT2D eigenvalue weighted by Gasteiger charge is 2.47. The smallest absolute Gasteiger partial charge is 0.388 e. The van der Waals surface area contributed by atoms with Crippen LogP contribution in [0.1, 0.15) is 0 Å². The van der Waals surface area contributed by atoms with Gasteiger partial charge in [0.05, 0.1) is 4.90 Å². The third kappa shape index (κ3) is 1.82. The van der Waals surface area contributed by atoms with E-state index in [-0.39, 0.29) is 0 Å². The lowest BCUT2D eigenvalue weighted by molar-refractivity contribution is -0.321. The van der Waals surface area contributed by atoms with Gasteiger partial charge in [-0.3, -0.25) is 0 Å². The number of hydrogen-bond donors (Lipinski definition) is 0. The van der Waals surface area contributed by atoms with Crippen molar-refractivity contribution in [2.24, 2.45) is 0 Å². The molecule has 0 fully saturated rings. The van der Waals surface area contributed by atoms with Gasteiger partial charge in [-0.25, -0.2) is 8.42 Å². The van der Waals surface area contributed by atoms with E-state index < -0.39 is 26.0 Å². The molecule has 0 aliphatic carbocycles. The van der Waals surface area contributed by atoms with Crippen molar-refractivity contribution in [3.05, 3.63) is 30.3 Å². The number of benzene rings is 1. The van der Waals surface area contributed by atoms with Crippen LogP contribution in [0.2, 0.25) is 0 Å². The molecule has 82 valence electrons. The zero-order valence-corrected chi connectivity index (χ0v) is 8.00. The van der Waals surface area contributed by atoms with Crippen LogP contribution in [0.5, 0.6) is 0 Å². The van der Waals surface area contributed by atoms with Crippen LogP contribution in [0.25, 0.3) is 0 Å². The van der Waals surface area contributed by atoms with Gasteiger partial charge in [-0.2, -0.15) is 8.78 Å². The fourth-order valence-corrected chi connectivity index (χ4v) is 1.89. The highest BCUT2D eigenvalue weighted by atomic mass is 32.2. The Balaban J connectivity index is 3.33. The summed E-state index contributed by atoms with van der Waals surface area (Å²) in [6.07, 6.45) is 0. The molecule has 0 heterocycles. The second-order valence-corrected chi connectivity index (χ2v) is 4.61. The maximum Gasteiger partial charge on any atom is 0.388 e. The fraction of sp³-hybridized carbons (Fsp3) is 0.125. The molecule has 0 radical (unpaired) electrons. The van der Waals surface area contributed by atoms with E-state index in [4.69, 9.17) is 0 Å². The lowest BCUT2D eigenvalue weighted by Gasteiger charge is -2.17. The minimum Gasteiger partial charge on any atom is -0.543 e. The van der Waals surface area contributed by atoms with E-state index in [1.165, 1.54) is 18.2 Å². The fourth-order valence-electron chi connectivity index (χ4n) is 0.857. The summed E-state index contributed by atoms with van der Waals surface area (Å²) in [4.78, 5) is 9.24. The zero-order valence-electron chi connectivity index (χ0n) is 7.18. The second kappa shape index (κ2) is 3.58. The average molecular weight is 235 g/mol. The van der Waals surface area contributed by atoms with E-state index in [9.17, 15) is 27.1 Å². The number of hydrogen-bond acceptors (Lipinski definition) is 4. The van der Waals surface area contributed by atoms with Gasteiger partial charge in [0.1, 0.15) is 5.97 Å². The van der Waals surface area contributed by atoms with Gasteiger partial charge in [0.25, 0.3) is 0 Å². The van der Waals surface area contributed by atoms with Crippen LogP contribution in [0, 0.1) is 0 Å². The van der Waals surface area contributed by atoms with Gasteiger partial charge in [-0.1, -0.05) is 18.2 Å². The second-order valence-electron chi connectivity index (χ2n) is 2.62. The standard InChI is InChI=1S/C8H6F2O4S/c9-8(10,7(11)12)15(13,14)6-4-2-1-3-5-6/h1-5H,(H,11,12)/p-1. The number of carboxylic acids is 1. The van der Waals surface area contributed by atoms with Crippen molar-refractivity contribution >= 4 is 15.8 Å². The molecule has 0 saturated heterocycles. The summed E-state index contributed by atoms with van der Waals surface area (Å²) in [6.45, 7) is 0. The monoisotopic (exact) mass is 235 g/mol. The Bertz CT molecular complexity index is 467. The van der Waals surface area contributed by atoms with E-state index in [0.717, 1.165) is 12.1 Å². The third-order valence-corrected chi connectivity index (χ3v) is 3.36. The molecule has 1 rings (SSSR count). The molecule has 0 aliphatic rings. The summed E-state index contributed by atoms with van der Waals surface area (Å²) >= 11 is 0. The number of carbonyl (C=O) groups is 1. The Morgan fingerprint density at radius 2 is 1.67 bits per heavy atom. The number of alkyl halides is 2. The highest BCUT2D eigenvalue weighted by Crippen LogP contribution is 2.28. The van der Waals surface area contributed by atoms with Crippen molar-refractivity contribution in [2.45, 2.75) is 10.2 Å². The van der Waals surface area contributed by atoms with Gasteiger partial charge in [-0.15, -0.1) is 0 Å². The van der Waals surface area contributed by atoms with Gasteiger partial charge in [0.15, 0.2) is 0 Å². The largest absolute Gasteiger partial charge is 0.543 e. The van der Waals surface area contributed by atoms with Crippen molar-refractivity contribution in [3.8, 4) is 0 Å². The molecule has 15 heavy (non-hydrogen) atoms. The van der Waals surface area contributed by atoms with Crippen LogP contribution >= 0.6 is 0 Å². The topological polar surface area (TPSA) is 74.3 Å². The molecule has 0 N–H and O–H groups in total. The van der Waals surface area contributed by atoms with Crippen molar-refractivity contribution in [1.29, 1.82) is 0 Å². The van der Waals surface area contributed by atoms with Crippen LogP contribution < -0.4 is 5.11 Å². The molecule has 0 amide bonds. The van der Waals surface area contributed by atoms with Crippen molar-refractivity contribution in [3.63, 3.8) is 0 Å². The van der Waals surface area contributed by atoms with Gasteiger partial charge in [0.2, 0.25) is 9.84 Å². The van der Waals surface area contributed by atoms with Gasteiger partial charge >= 0.3 is 5.25 Å². The summed E-state index contributed by atoms with van der Waals surface area (Å²) in [5, 5.41) is 5.08. The maximum absolute atomic E-state index is 12.8. The SMILES string of the molecule is O=C([O-])C(F)(F)S(=O)(=O)c1ccccc1. The molecule has 0 bridgehead atoms. The Kier molecular flexibility index (Phi) is 2.76. The van der Waals surface area contributed by atoms with Crippen LogP contribution in [0.4, 0.5) is 8.78 Å². The predicted octanol–water partition coefficient (Wildman–Crippen LogP) is -0.197. The number of halogens is 2. The van der Waals surface area contributed by atoms with Crippen LogP contribution in [-0.2, 0) is 14.6 Å². The number of carbonyl (C=O) groups excluding carboxylic acids is 1. The molecular formula is C8H5F2O4S-. The van der Waals surface area contributed by atoms with E-state index in [1.54, 1.807) is 0 Å². The molecule has 0 aromatic heterocycles. The van der Waals surface area contributed by atoms with Crippen molar-refractivity contribution < 1.29 is 27.1 Å². The van der Waals surface area contributed by atoms with Crippen molar-refractivity contribution in [1.82, 2.24) is 0 Å². The molecule has 4 nitrogen and oxygen atoms in total. The number of rotatable bonds is 3. The molecule has 0 aliphatic heterocycles. The first-order valence-electron chi connectivity index (χ1n) is 3.69. The van der Waals surface area contributed by atoms with Crippen molar-refractivity contribution in [2.75, 3.05) is 0 Å². The Morgan fingerprint density at radius 3 is 2.07 bits per heavy atom. The third-order valence-electron chi connectivity index (χ3n) is 1.63. The zero-order chi connectivity index (χ0) is 11.7. The van der Waals surface area contributed by atoms with Gasteiger partial charge in [0, 0.05) is 0 Å². The molecule has 1 aromatic rings. The Morgan fingerprint density at radius 1 is 1.20 bits per heavy atom. The summed E-state index contributed by atoms with van der Waals surface area (Å²) in [6, 6.07) is 5.59. The normalized spacial score (nSPS) is 12.4. The van der Waals surface area contributed by atoms with Gasteiger partial charge < -0.3 is 9.90 Å². The molecule has 7 heteroatoms. The van der Waals surface area contributed by atoms with Gasteiger partial charge in [-0.05, 0) is 12.1 Å². The first kappa shape index (κ1) is 11.6. The molecule has 0 atom stereocenters. The molecule has 0 unspecified atom stereocenters. The molecular weight excluding hydrogens is 230 g/mol. The summed E-state index contributed by atoms with van der Waals surface area (Å²) < 4.78 is 47.8. The highest BCUT2D eigenvalue weighted by molar-refractivity contribution is 7.93. The minimum absolute atomic E-state index is 0.765. The predicted molar refractivity (Wildman–Crippen MR) is 43.6 cm³/mol.